The van der Waals surface area contributed by atoms with Crippen molar-refractivity contribution in [3.63, 3.8) is 0 Å². The molecule has 0 fully saturated rings. The minimum absolute atomic E-state index is 0.666. The summed E-state index contributed by atoms with van der Waals surface area (Å²) in [6.07, 6.45) is 4.77. The van der Waals surface area contributed by atoms with Crippen LogP contribution in [0.15, 0.2) is 12.4 Å². The molecule has 0 saturated carbocycles. The lowest BCUT2D eigenvalue weighted by molar-refractivity contribution is 0.732. The Morgan fingerprint density at radius 3 is 2.93 bits per heavy atom. The molecule has 0 unspecified atom stereocenters. The van der Waals surface area contributed by atoms with Gasteiger partial charge in [0.1, 0.15) is 5.82 Å². The van der Waals surface area contributed by atoms with Gasteiger partial charge in [0.2, 0.25) is 0 Å². The normalized spacial score (nSPS) is 9.86. The third-order valence-corrected chi connectivity index (χ3v) is 2.15. The van der Waals surface area contributed by atoms with Crippen LogP contribution < -0.4 is 10.6 Å². The summed E-state index contributed by atoms with van der Waals surface area (Å²) in [5.74, 6) is 0.977. The standard InChI is InChI=1S/C9H16N4S/c1-3-4-11-9(14)12-7-8-10-5-6-13(8)2/h5-6H,3-4,7H2,1-2H3,(H2,11,12,14). The lowest BCUT2D eigenvalue weighted by Gasteiger charge is -2.09. The molecular formula is C9H16N4S. The molecule has 0 radical (unpaired) electrons. The highest BCUT2D eigenvalue weighted by Gasteiger charge is 1.99. The van der Waals surface area contributed by atoms with E-state index < -0.39 is 0 Å². The molecule has 0 bridgehead atoms. The maximum atomic E-state index is 5.08. The minimum atomic E-state index is 0.666. The van der Waals surface area contributed by atoms with Crippen LogP contribution in [0.1, 0.15) is 19.2 Å². The zero-order valence-corrected chi connectivity index (χ0v) is 9.40. The molecule has 1 rings (SSSR count). The van der Waals surface area contributed by atoms with Gasteiger partial charge in [0, 0.05) is 26.0 Å². The summed E-state index contributed by atoms with van der Waals surface area (Å²) in [4.78, 5) is 4.18. The summed E-state index contributed by atoms with van der Waals surface area (Å²) in [5, 5.41) is 6.88. The predicted octanol–water partition coefficient (Wildman–Crippen LogP) is 0.794. The Morgan fingerprint density at radius 1 is 1.57 bits per heavy atom. The maximum Gasteiger partial charge on any atom is 0.166 e. The molecule has 0 atom stereocenters. The fraction of sp³-hybridized carbons (Fsp3) is 0.556. The molecule has 0 saturated heterocycles. The lowest BCUT2D eigenvalue weighted by atomic mass is 10.5. The molecular weight excluding hydrogens is 196 g/mol. The summed E-state index contributed by atoms with van der Waals surface area (Å²) >= 11 is 5.08. The highest BCUT2D eigenvalue weighted by atomic mass is 32.1. The number of rotatable bonds is 4. The van der Waals surface area contributed by atoms with E-state index >= 15 is 0 Å². The largest absolute Gasteiger partial charge is 0.363 e. The number of hydrogen-bond acceptors (Lipinski definition) is 2. The molecule has 0 spiro atoms. The van der Waals surface area contributed by atoms with Gasteiger partial charge in [-0.25, -0.2) is 4.98 Å². The molecule has 0 amide bonds. The van der Waals surface area contributed by atoms with Gasteiger partial charge in [-0.3, -0.25) is 0 Å². The minimum Gasteiger partial charge on any atom is -0.363 e. The lowest BCUT2D eigenvalue weighted by Crippen LogP contribution is -2.35. The zero-order chi connectivity index (χ0) is 10.4. The fourth-order valence-electron chi connectivity index (χ4n) is 1.03. The van der Waals surface area contributed by atoms with Crippen molar-refractivity contribution in [1.29, 1.82) is 0 Å². The summed E-state index contributed by atoms with van der Waals surface area (Å²) in [6.45, 7) is 3.68. The monoisotopic (exact) mass is 212 g/mol. The number of aromatic nitrogens is 2. The van der Waals surface area contributed by atoms with Crippen molar-refractivity contribution >= 4 is 17.3 Å². The highest BCUT2D eigenvalue weighted by Crippen LogP contribution is 1.92. The predicted molar refractivity (Wildman–Crippen MR) is 60.9 cm³/mol. The second-order valence-electron chi connectivity index (χ2n) is 3.06. The Kier molecular flexibility index (Phi) is 4.39. The van der Waals surface area contributed by atoms with Crippen molar-refractivity contribution in [3.8, 4) is 0 Å². The van der Waals surface area contributed by atoms with E-state index in [1.54, 1.807) is 6.20 Å². The molecule has 5 heteroatoms. The first-order valence-corrected chi connectivity index (χ1v) is 5.12. The van der Waals surface area contributed by atoms with Gasteiger partial charge in [0.05, 0.1) is 6.54 Å². The van der Waals surface area contributed by atoms with Crippen molar-refractivity contribution < 1.29 is 0 Å². The van der Waals surface area contributed by atoms with E-state index in [0.717, 1.165) is 18.8 Å². The zero-order valence-electron chi connectivity index (χ0n) is 8.58. The molecule has 1 aromatic rings. The quantitative estimate of drug-likeness (QED) is 0.724. The Balaban J connectivity index is 2.27. The number of aryl methyl sites for hydroxylation is 1. The molecule has 78 valence electrons. The van der Waals surface area contributed by atoms with E-state index in [2.05, 4.69) is 22.5 Å². The van der Waals surface area contributed by atoms with Gasteiger partial charge in [-0.05, 0) is 18.6 Å². The average Bonchev–Trinajstić information content (AvgIpc) is 2.58. The van der Waals surface area contributed by atoms with E-state index in [0.29, 0.717) is 11.7 Å². The van der Waals surface area contributed by atoms with Gasteiger partial charge in [-0.1, -0.05) is 6.92 Å². The third kappa shape index (κ3) is 3.33. The van der Waals surface area contributed by atoms with E-state index in [1.165, 1.54) is 0 Å². The summed E-state index contributed by atoms with van der Waals surface area (Å²) in [5.41, 5.74) is 0. The Hall–Kier alpha value is -1.10. The first-order valence-electron chi connectivity index (χ1n) is 4.72. The van der Waals surface area contributed by atoms with Crippen molar-refractivity contribution in [2.75, 3.05) is 6.54 Å². The van der Waals surface area contributed by atoms with Crippen molar-refractivity contribution in [3.05, 3.63) is 18.2 Å². The van der Waals surface area contributed by atoms with E-state index in [9.17, 15) is 0 Å². The second kappa shape index (κ2) is 5.59. The Bertz CT molecular complexity index is 295. The van der Waals surface area contributed by atoms with Crippen LogP contribution in [0.2, 0.25) is 0 Å². The number of hydrogen-bond donors (Lipinski definition) is 2. The van der Waals surface area contributed by atoms with Crippen LogP contribution in [-0.4, -0.2) is 21.2 Å². The molecule has 0 aliphatic carbocycles. The SMILES string of the molecule is CCCNC(=S)NCc1nccn1C. The molecule has 1 aromatic heterocycles. The van der Waals surface area contributed by atoms with Crippen LogP contribution in [0.4, 0.5) is 0 Å². The van der Waals surface area contributed by atoms with Crippen LogP contribution in [0.3, 0.4) is 0 Å². The van der Waals surface area contributed by atoms with Gasteiger partial charge >= 0.3 is 0 Å². The molecule has 4 nitrogen and oxygen atoms in total. The van der Waals surface area contributed by atoms with E-state index in [4.69, 9.17) is 12.2 Å². The second-order valence-corrected chi connectivity index (χ2v) is 3.47. The average molecular weight is 212 g/mol. The molecule has 2 N–H and O–H groups in total. The van der Waals surface area contributed by atoms with Crippen molar-refractivity contribution in [2.45, 2.75) is 19.9 Å². The van der Waals surface area contributed by atoms with E-state index in [1.807, 2.05) is 17.8 Å². The number of nitrogens with one attached hydrogen (secondary N) is 2. The van der Waals surface area contributed by atoms with Crippen LogP contribution >= 0.6 is 12.2 Å². The topological polar surface area (TPSA) is 41.9 Å². The maximum absolute atomic E-state index is 5.08. The van der Waals surface area contributed by atoms with Gasteiger partial charge in [0.15, 0.2) is 5.11 Å². The highest BCUT2D eigenvalue weighted by molar-refractivity contribution is 7.80. The first-order chi connectivity index (χ1) is 6.74. The van der Waals surface area contributed by atoms with Gasteiger partial charge in [-0.15, -0.1) is 0 Å². The molecule has 14 heavy (non-hydrogen) atoms. The van der Waals surface area contributed by atoms with Gasteiger partial charge in [-0.2, -0.15) is 0 Å². The molecule has 1 heterocycles. The van der Waals surface area contributed by atoms with Crippen LogP contribution in [0.25, 0.3) is 0 Å². The third-order valence-electron chi connectivity index (χ3n) is 1.86. The van der Waals surface area contributed by atoms with Crippen LogP contribution in [0, 0.1) is 0 Å². The van der Waals surface area contributed by atoms with E-state index in [-0.39, 0.29) is 0 Å². The van der Waals surface area contributed by atoms with Crippen LogP contribution in [0.5, 0.6) is 0 Å². The molecule has 0 aromatic carbocycles. The van der Waals surface area contributed by atoms with Crippen molar-refractivity contribution in [2.24, 2.45) is 7.05 Å². The summed E-state index contributed by atoms with van der Waals surface area (Å²) < 4.78 is 1.97. The summed E-state index contributed by atoms with van der Waals surface area (Å²) in [7, 11) is 1.96. The Morgan fingerprint density at radius 2 is 2.36 bits per heavy atom. The van der Waals surface area contributed by atoms with Crippen LogP contribution in [-0.2, 0) is 13.6 Å². The number of imidazole rings is 1. The Labute approximate surface area is 89.7 Å². The smallest absolute Gasteiger partial charge is 0.166 e. The molecule has 0 aliphatic heterocycles. The van der Waals surface area contributed by atoms with Gasteiger partial charge in [0.25, 0.3) is 0 Å². The van der Waals surface area contributed by atoms with Crippen molar-refractivity contribution in [1.82, 2.24) is 20.2 Å². The van der Waals surface area contributed by atoms with Gasteiger partial charge < -0.3 is 15.2 Å². The molecule has 0 aliphatic rings. The fourth-order valence-corrected chi connectivity index (χ4v) is 1.20. The number of thiocarbonyl (C=S) groups is 1. The summed E-state index contributed by atoms with van der Waals surface area (Å²) in [6, 6.07) is 0. The first kappa shape index (κ1) is 11.0. The number of nitrogens with zero attached hydrogens (tertiary/aromatic N) is 2.